The van der Waals surface area contributed by atoms with Gasteiger partial charge in [0.2, 0.25) is 0 Å². The van der Waals surface area contributed by atoms with Gasteiger partial charge in [-0.1, -0.05) is 113 Å². The number of nitrogens with zero attached hydrogens (tertiary/aromatic N) is 2. The number of aromatic nitrogens is 3. The van der Waals surface area contributed by atoms with E-state index in [2.05, 4.69) is 85.6 Å². The van der Waals surface area contributed by atoms with Crippen LogP contribution in [0.5, 0.6) is 5.75 Å². The van der Waals surface area contributed by atoms with E-state index >= 15 is 0 Å². The van der Waals surface area contributed by atoms with Crippen molar-refractivity contribution in [1.29, 1.82) is 0 Å². The summed E-state index contributed by atoms with van der Waals surface area (Å²) >= 11 is 0. The number of rotatable bonds is 4. The maximum Gasteiger partial charge on any atom is 0.119 e. The quantitative estimate of drug-likeness (QED) is 0.310. The Morgan fingerprint density at radius 2 is 1.03 bits per heavy atom. The molecule has 0 spiro atoms. The van der Waals surface area contributed by atoms with Crippen molar-refractivity contribution in [3.8, 4) is 5.75 Å². The van der Waals surface area contributed by atoms with E-state index in [1.165, 1.54) is 16.7 Å². The highest BCUT2D eigenvalue weighted by Gasteiger charge is 2.29. The third-order valence-corrected chi connectivity index (χ3v) is 6.61. The van der Waals surface area contributed by atoms with Crippen LogP contribution in [0.2, 0.25) is 0 Å². The highest BCUT2D eigenvalue weighted by molar-refractivity contribution is 5.72. The zero-order chi connectivity index (χ0) is 24.2. The highest BCUT2D eigenvalue weighted by Crippen LogP contribution is 2.40. The highest BCUT2D eigenvalue weighted by atomic mass is 16.3. The van der Waals surface area contributed by atoms with Gasteiger partial charge in [-0.3, -0.25) is 0 Å². The minimum absolute atomic E-state index is 0.128. The minimum Gasteiger partial charge on any atom is -0.508 e. The Morgan fingerprint density at radius 1 is 0.559 bits per heavy atom. The molecule has 0 amide bonds. The zero-order valence-corrected chi connectivity index (χ0v) is 20.2. The predicted octanol–water partition coefficient (Wildman–Crippen LogP) is 7.00. The molecule has 5 rings (SSSR count). The van der Waals surface area contributed by atoms with Gasteiger partial charge in [-0.15, -0.1) is 0 Å². The van der Waals surface area contributed by atoms with Gasteiger partial charge in [-0.2, -0.15) is 15.4 Å². The molecule has 0 radical (unpaired) electrons. The number of phenolic OH excluding ortho intramolecular Hbond substituents is 1. The Morgan fingerprint density at radius 3 is 1.56 bits per heavy atom. The summed E-state index contributed by atoms with van der Waals surface area (Å²) in [7, 11) is 0. The number of benzene rings is 4. The van der Waals surface area contributed by atoms with Gasteiger partial charge in [0.15, 0.2) is 0 Å². The number of para-hydroxylation sites is 2. The molecule has 0 saturated heterocycles. The molecule has 1 heterocycles. The van der Waals surface area contributed by atoms with Gasteiger partial charge in [-0.25, -0.2) is 0 Å². The number of phenols is 1. The van der Waals surface area contributed by atoms with Crippen molar-refractivity contribution in [3.05, 3.63) is 125 Å². The lowest BCUT2D eigenvalue weighted by Crippen LogP contribution is -2.23. The molecule has 2 N–H and O–H groups in total. The number of hydrogen-bond acceptors (Lipinski definition) is 3. The molecule has 0 bridgehead atoms. The molecular formula is C30H31N3O. The normalized spacial score (nSPS) is 11.6. The molecule has 0 unspecified atom stereocenters. The molecule has 0 atom stereocenters. The maximum atomic E-state index is 10.6. The van der Waals surface area contributed by atoms with Gasteiger partial charge >= 0.3 is 0 Å². The third-order valence-electron chi connectivity index (χ3n) is 6.61. The second-order valence-electron chi connectivity index (χ2n) is 9.53. The van der Waals surface area contributed by atoms with Crippen molar-refractivity contribution >= 4 is 11.0 Å². The molecule has 0 aliphatic carbocycles. The number of nitrogens with one attached hydrogen (secondary N) is 1. The lowest BCUT2D eigenvalue weighted by molar-refractivity contribution is 0.451. The summed E-state index contributed by atoms with van der Waals surface area (Å²) in [5.41, 5.74) is 6.06. The number of aromatic amines is 1. The van der Waals surface area contributed by atoms with Crippen LogP contribution < -0.4 is 0 Å². The number of H-pyrrole nitrogens is 1. The average Bonchev–Trinajstić information content (AvgIpc) is 3.35. The van der Waals surface area contributed by atoms with Crippen LogP contribution in [-0.4, -0.2) is 20.5 Å². The third kappa shape index (κ3) is 4.72. The SMILES string of the molecule is CC(C)(c1ccccc1)c1ccc(O)c(C(C)(C)c2ccccc2)c1.c1ccc2n[nH]nc2c1. The van der Waals surface area contributed by atoms with E-state index in [1.807, 2.05) is 60.7 Å². The predicted molar refractivity (Wildman–Crippen MR) is 139 cm³/mol. The van der Waals surface area contributed by atoms with Gasteiger partial charge in [0.25, 0.3) is 0 Å². The van der Waals surface area contributed by atoms with Crippen LogP contribution in [0.4, 0.5) is 0 Å². The van der Waals surface area contributed by atoms with Crippen LogP contribution in [0.25, 0.3) is 11.0 Å². The molecule has 4 heteroatoms. The van der Waals surface area contributed by atoms with E-state index < -0.39 is 0 Å². The Kier molecular flexibility index (Phi) is 6.51. The molecule has 0 aliphatic rings. The van der Waals surface area contributed by atoms with E-state index in [-0.39, 0.29) is 10.8 Å². The Labute approximate surface area is 201 Å². The largest absolute Gasteiger partial charge is 0.508 e. The van der Waals surface area contributed by atoms with E-state index in [1.54, 1.807) is 0 Å². The van der Waals surface area contributed by atoms with E-state index in [0.717, 1.165) is 16.6 Å². The van der Waals surface area contributed by atoms with Crippen LogP contribution in [0.15, 0.2) is 103 Å². The summed E-state index contributed by atoms with van der Waals surface area (Å²) in [4.78, 5) is 0. The van der Waals surface area contributed by atoms with Crippen molar-refractivity contribution in [1.82, 2.24) is 15.4 Å². The second-order valence-corrected chi connectivity index (χ2v) is 9.53. The fraction of sp³-hybridized carbons (Fsp3) is 0.200. The molecule has 34 heavy (non-hydrogen) atoms. The Balaban J connectivity index is 0.000000252. The topological polar surface area (TPSA) is 61.8 Å². The Bertz CT molecular complexity index is 1330. The van der Waals surface area contributed by atoms with Crippen LogP contribution in [0.1, 0.15) is 49.9 Å². The molecule has 0 fully saturated rings. The first-order chi connectivity index (χ1) is 16.3. The Hall–Kier alpha value is -3.92. The van der Waals surface area contributed by atoms with E-state index in [0.29, 0.717) is 5.75 Å². The summed E-state index contributed by atoms with van der Waals surface area (Å²) in [5.74, 6) is 0.349. The molecular weight excluding hydrogens is 418 g/mol. The van der Waals surface area contributed by atoms with Gasteiger partial charge in [-0.05, 0) is 34.9 Å². The number of fused-ring (bicyclic) bond motifs is 1. The first kappa shape index (κ1) is 23.2. The van der Waals surface area contributed by atoms with Crippen LogP contribution in [0, 0.1) is 0 Å². The van der Waals surface area contributed by atoms with Crippen molar-refractivity contribution in [2.45, 2.75) is 38.5 Å². The lowest BCUT2D eigenvalue weighted by Gasteiger charge is -2.31. The number of aromatic hydroxyl groups is 1. The van der Waals surface area contributed by atoms with Crippen LogP contribution in [-0.2, 0) is 10.8 Å². The van der Waals surface area contributed by atoms with E-state index in [9.17, 15) is 5.11 Å². The molecule has 0 aliphatic heterocycles. The summed E-state index contributed by atoms with van der Waals surface area (Å²) in [5, 5.41) is 20.9. The summed E-state index contributed by atoms with van der Waals surface area (Å²) < 4.78 is 0. The van der Waals surface area contributed by atoms with Crippen molar-refractivity contribution < 1.29 is 5.11 Å². The smallest absolute Gasteiger partial charge is 0.119 e. The van der Waals surface area contributed by atoms with Gasteiger partial charge in [0, 0.05) is 16.4 Å². The van der Waals surface area contributed by atoms with Gasteiger partial charge < -0.3 is 5.11 Å². The second kappa shape index (κ2) is 9.52. The van der Waals surface area contributed by atoms with Crippen molar-refractivity contribution in [2.75, 3.05) is 0 Å². The van der Waals surface area contributed by atoms with Crippen molar-refractivity contribution in [3.63, 3.8) is 0 Å². The van der Waals surface area contributed by atoms with Gasteiger partial charge in [0.1, 0.15) is 16.8 Å². The molecule has 1 aromatic heterocycles. The minimum atomic E-state index is -0.270. The van der Waals surface area contributed by atoms with Crippen molar-refractivity contribution in [2.24, 2.45) is 0 Å². The molecule has 0 saturated carbocycles. The molecule has 4 nitrogen and oxygen atoms in total. The maximum absolute atomic E-state index is 10.6. The van der Waals surface area contributed by atoms with E-state index in [4.69, 9.17) is 0 Å². The summed E-state index contributed by atoms with van der Waals surface area (Å²) in [6.07, 6.45) is 0. The summed E-state index contributed by atoms with van der Waals surface area (Å²) in [6.45, 7) is 8.79. The number of hydrogen-bond donors (Lipinski definition) is 2. The fourth-order valence-electron chi connectivity index (χ4n) is 4.24. The fourth-order valence-corrected chi connectivity index (χ4v) is 4.24. The molecule has 4 aromatic carbocycles. The lowest BCUT2D eigenvalue weighted by atomic mass is 9.73. The summed E-state index contributed by atoms with van der Waals surface area (Å²) in [6, 6.07) is 34.6. The first-order valence-electron chi connectivity index (χ1n) is 11.5. The average molecular weight is 450 g/mol. The standard InChI is InChI=1S/C24H26O.C6H5N3/c1-23(2,18-11-7-5-8-12-18)20-15-16-22(25)21(17-20)24(3,4)19-13-9-6-10-14-19;1-2-4-6-5(3-1)7-9-8-6/h5-17,25H,1-4H3;1-4H,(H,7,8,9). The van der Waals surface area contributed by atoms with Crippen LogP contribution >= 0.6 is 0 Å². The van der Waals surface area contributed by atoms with Crippen LogP contribution in [0.3, 0.4) is 0 Å². The zero-order valence-electron chi connectivity index (χ0n) is 20.2. The monoisotopic (exact) mass is 449 g/mol. The van der Waals surface area contributed by atoms with Gasteiger partial charge in [0.05, 0.1) is 0 Å². The first-order valence-corrected chi connectivity index (χ1v) is 11.5. The molecule has 5 aromatic rings. The molecule has 172 valence electrons.